The predicted octanol–water partition coefficient (Wildman–Crippen LogP) is 9.26. The van der Waals surface area contributed by atoms with Crippen molar-refractivity contribution in [1.29, 1.82) is 0 Å². The maximum atomic E-state index is 13.5. The molecule has 0 saturated carbocycles. The molecule has 64 heavy (non-hydrogen) atoms. The first-order valence-corrected chi connectivity index (χ1v) is 22.8. The molecule has 2 heterocycles. The van der Waals surface area contributed by atoms with Gasteiger partial charge in [0.2, 0.25) is 11.8 Å². The lowest BCUT2D eigenvalue weighted by atomic mass is 9.98. The number of fused-ring (bicyclic) bond motifs is 2. The van der Waals surface area contributed by atoms with Crippen molar-refractivity contribution >= 4 is 23.6 Å². The molecule has 0 saturated heterocycles. The van der Waals surface area contributed by atoms with Gasteiger partial charge in [0.25, 0.3) is 11.8 Å². The Kier molecular flexibility index (Phi) is 18.4. The zero-order valence-corrected chi connectivity index (χ0v) is 38.9. The molecule has 4 aromatic rings. The fourth-order valence-electron chi connectivity index (χ4n) is 7.79. The van der Waals surface area contributed by atoms with Gasteiger partial charge in [-0.1, -0.05) is 137 Å². The van der Waals surface area contributed by atoms with Gasteiger partial charge in [0.05, 0.1) is 23.3 Å². The maximum absolute atomic E-state index is 13.5. The van der Waals surface area contributed by atoms with Crippen molar-refractivity contribution in [1.82, 2.24) is 20.4 Å². The van der Waals surface area contributed by atoms with Crippen LogP contribution in [0.3, 0.4) is 0 Å². The molecule has 0 aromatic heterocycles. The monoisotopic (exact) mass is 869 g/mol. The van der Waals surface area contributed by atoms with E-state index in [9.17, 15) is 19.2 Å². The smallest absolute Gasteiger partial charge is 0.258 e. The van der Waals surface area contributed by atoms with E-state index >= 15 is 0 Å². The number of nitrogens with one attached hydrogen (secondary N) is 2. The van der Waals surface area contributed by atoms with Crippen LogP contribution in [0.2, 0.25) is 0 Å². The number of amides is 4. The number of hydrogen-bond acceptors (Lipinski definition) is 6. The number of nitrogens with zero attached hydrogens (tertiary/aromatic N) is 2. The molecule has 4 aromatic carbocycles. The predicted molar refractivity (Wildman–Crippen MR) is 255 cm³/mol. The summed E-state index contributed by atoms with van der Waals surface area (Å²) in [6, 6.07) is 32.9. The molecule has 0 spiro atoms. The van der Waals surface area contributed by atoms with Crippen LogP contribution in [0.4, 0.5) is 0 Å². The van der Waals surface area contributed by atoms with Gasteiger partial charge in [0, 0.05) is 51.9 Å². The van der Waals surface area contributed by atoms with E-state index < -0.39 is 12.1 Å². The van der Waals surface area contributed by atoms with Crippen LogP contribution in [0.1, 0.15) is 99.1 Å². The first-order valence-electron chi connectivity index (χ1n) is 22.8. The minimum absolute atomic E-state index is 0.00743. The van der Waals surface area contributed by atoms with Crippen molar-refractivity contribution in [3.8, 4) is 11.5 Å². The first-order chi connectivity index (χ1) is 30.7. The minimum Gasteiger partial charge on any atom is -0.490 e. The molecule has 0 bridgehead atoms. The van der Waals surface area contributed by atoms with Crippen LogP contribution < -0.4 is 20.1 Å². The molecule has 0 radical (unpaired) electrons. The van der Waals surface area contributed by atoms with Crippen molar-refractivity contribution in [2.45, 2.75) is 116 Å². The Balaban J connectivity index is 0.000000241. The average Bonchev–Trinajstić information content (AvgIpc) is 3.29. The van der Waals surface area contributed by atoms with Crippen LogP contribution in [0.25, 0.3) is 0 Å². The highest BCUT2D eigenvalue weighted by Gasteiger charge is 2.33. The molecule has 0 unspecified atom stereocenters. The zero-order valence-electron chi connectivity index (χ0n) is 38.9. The second kappa shape index (κ2) is 24.1. The van der Waals surface area contributed by atoms with Crippen LogP contribution in [-0.4, -0.2) is 83.9 Å². The number of carbonyl (C=O) groups is 4. The minimum atomic E-state index is -0.636. The summed E-state index contributed by atoms with van der Waals surface area (Å²) >= 11 is 0. The standard InChI is InChI=1S/2C27H34N2O3/c2*1-19(2)23-16-10-8-12-20(3)32-25-17-11-9-15-22(25)27(31)29(4)24(26(30)28-23)18-21-13-6-5-7-14-21/h2*5-11,13-15,17,19-20,23-24H,12,16,18H2,1-4H3,(H,28,30)/b10-8+;10-8-/t2*20-,23-,24+/m00/s1. The number of benzene rings is 4. The third-order valence-electron chi connectivity index (χ3n) is 11.9. The van der Waals surface area contributed by atoms with Gasteiger partial charge in [-0.05, 0) is 73.9 Å². The third kappa shape index (κ3) is 13.9. The van der Waals surface area contributed by atoms with Crippen LogP contribution >= 0.6 is 0 Å². The lowest BCUT2D eigenvalue weighted by molar-refractivity contribution is -0.127. The fourth-order valence-corrected chi connectivity index (χ4v) is 7.79. The normalized spacial score (nSPS) is 23.7. The Hall–Kier alpha value is -6.16. The number of ether oxygens (including phenoxy) is 2. The van der Waals surface area contributed by atoms with E-state index in [-0.39, 0.29) is 59.8 Å². The number of hydrogen-bond donors (Lipinski definition) is 2. The summed E-state index contributed by atoms with van der Waals surface area (Å²) in [5.74, 6) is 0.896. The van der Waals surface area contributed by atoms with Crippen LogP contribution in [0.5, 0.6) is 11.5 Å². The summed E-state index contributed by atoms with van der Waals surface area (Å²) in [5.41, 5.74) is 2.95. The van der Waals surface area contributed by atoms with Gasteiger partial charge in [-0.3, -0.25) is 19.2 Å². The number of carbonyl (C=O) groups excluding carboxylic acids is 4. The van der Waals surface area contributed by atoms with E-state index in [0.29, 0.717) is 35.5 Å². The molecule has 0 fully saturated rings. The van der Waals surface area contributed by atoms with Crippen molar-refractivity contribution in [2.24, 2.45) is 11.8 Å². The summed E-state index contributed by atoms with van der Waals surface area (Å²) in [4.78, 5) is 57.1. The van der Waals surface area contributed by atoms with Gasteiger partial charge in [0.1, 0.15) is 23.6 Å². The highest BCUT2D eigenvalue weighted by molar-refractivity contribution is 6.00. The SMILES string of the molecule is CC(C)[C@@H]1C/C=C/C[C@H](C)Oc2ccccc2C(=O)N(C)[C@H](Cc2ccccc2)C(=O)N1.CC(C)[C@@H]1C/C=C\C[C@H](C)Oc2ccccc2C(=O)N(C)[C@H](Cc2ccccc2)C(=O)N1. The molecule has 10 heteroatoms. The summed E-state index contributed by atoms with van der Waals surface area (Å²) < 4.78 is 12.2. The average molecular weight is 869 g/mol. The van der Waals surface area contributed by atoms with E-state index in [0.717, 1.165) is 36.8 Å². The fraction of sp³-hybridized carbons (Fsp3) is 0.407. The topological polar surface area (TPSA) is 117 Å². The molecule has 340 valence electrons. The Morgan fingerprint density at radius 3 is 1.19 bits per heavy atom. The summed E-state index contributed by atoms with van der Waals surface area (Å²) in [6.07, 6.45) is 12.1. The largest absolute Gasteiger partial charge is 0.490 e. The molecule has 10 nitrogen and oxygen atoms in total. The number of likely N-dealkylation sites (N-methyl/N-ethyl adjacent to an activating group) is 2. The molecular formula is C54H68N4O6. The Morgan fingerprint density at radius 2 is 0.828 bits per heavy atom. The van der Waals surface area contributed by atoms with E-state index in [1.807, 2.05) is 111 Å². The third-order valence-corrected chi connectivity index (χ3v) is 11.9. The van der Waals surface area contributed by atoms with Crippen molar-refractivity contribution in [2.75, 3.05) is 14.1 Å². The quantitative estimate of drug-likeness (QED) is 0.187. The zero-order chi connectivity index (χ0) is 46.2. The van der Waals surface area contributed by atoms with Gasteiger partial charge in [-0.15, -0.1) is 0 Å². The first kappa shape index (κ1) is 48.9. The molecule has 6 atom stereocenters. The second-order valence-electron chi connectivity index (χ2n) is 17.7. The molecule has 4 amide bonds. The molecular weight excluding hydrogens is 801 g/mol. The Labute approximate surface area is 381 Å². The summed E-state index contributed by atoms with van der Waals surface area (Å²) in [7, 11) is 3.40. The lowest BCUT2D eigenvalue weighted by Gasteiger charge is -2.31. The molecule has 2 aliphatic rings. The molecule has 2 N–H and O–H groups in total. The van der Waals surface area contributed by atoms with Gasteiger partial charge < -0.3 is 29.9 Å². The Bertz CT molecular complexity index is 2030. The number of rotatable bonds is 6. The highest BCUT2D eigenvalue weighted by Crippen LogP contribution is 2.26. The summed E-state index contributed by atoms with van der Waals surface area (Å²) in [6.45, 7) is 12.4. The maximum Gasteiger partial charge on any atom is 0.258 e. The van der Waals surface area contributed by atoms with Gasteiger partial charge >= 0.3 is 0 Å². The van der Waals surface area contributed by atoms with Crippen LogP contribution in [0.15, 0.2) is 133 Å². The highest BCUT2D eigenvalue weighted by atomic mass is 16.5. The van der Waals surface area contributed by atoms with Crippen molar-refractivity contribution < 1.29 is 28.7 Å². The van der Waals surface area contributed by atoms with Crippen LogP contribution in [0, 0.1) is 11.8 Å². The molecule has 2 aliphatic heterocycles. The van der Waals surface area contributed by atoms with Gasteiger partial charge in [-0.2, -0.15) is 0 Å². The van der Waals surface area contributed by atoms with E-state index in [1.165, 1.54) is 0 Å². The molecule has 0 aliphatic carbocycles. The van der Waals surface area contributed by atoms with Crippen molar-refractivity contribution in [3.05, 3.63) is 156 Å². The van der Waals surface area contributed by atoms with Crippen LogP contribution in [-0.2, 0) is 22.4 Å². The van der Waals surface area contributed by atoms with E-state index in [4.69, 9.17) is 9.47 Å². The Morgan fingerprint density at radius 1 is 0.500 bits per heavy atom. The number of para-hydroxylation sites is 2. The second-order valence-corrected chi connectivity index (χ2v) is 17.7. The van der Waals surface area contributed by atoms with Crippen molar-refractivity contribution in [3.63, 3.8) is 0 Å². The molecule has 6 rings (SSSR count). The van der Waals surface area contributed by atoms with E-state index in [1.54, 1.807) is 36.0 Å². The van der Waals surface area contributed by atoms with Gasteiger partial charge in [-0.25, -0.2) is 0 Å². The summed E-state index contributed by atoms with van der Waals surface area (Å²) in [5, 5.41) is 6.42. The van der Waals surface area contributed by atoms with Gasteiger partial charge in [0.15, 0.2) is 0 Å². The lowest BCUT2D eigenvalue weighted by Crippen LogP contribution is -2.52. The van der Waals surface area contributed by atoms with E-state index in [2.05, 4.69) is 62.6 Å².